The van der Waals surface area contributed by atoms with Gasteiger partial charge in [-0.3, -0.25) is 4.68 Å². The molecule has 0 atom stereocenters. The van der Waals surface area contributed by atoms with E-state index in [0.29, 0.717) is 0 Å². The number of para-hydroxylation sites is 1. The Morgan fingerprint density at radius 2 is 1.60 bits per heavy atom. The van der Waals surface area contributed by atoms with Crippen LogP contribution < -0.4 is 0 Å². The zero-order valence-corrected chi connectivity index (χ0v) is 11.8. The van der Waals surface area contributed by atoms with E-state index in [4.69, 9.17) is 0 Å². The average molecular weight is 303 g/mol. The van der Waals surface area contributed by atoms with E-state index in [2.05, 4.69) is 10.3 Å². The topological polar surface area (TPSA) is 30.7 Å². The number of hydrogen-bond acceptors (Lipinski definition) is 2. The molecule has 0 aliphatic heterocycles. The van der Waals surface area contributed by atoms with Crippen LogP contribution in [0.2, 0.25) is 0 Å². The Balaban J connectivity index is 0.000000210. The number of rotatable bonds is 1. The quantitative estimate of drug-likeness (QED) is 0.398. The molecular formula is C16H13FeN3. The van der Waals surface area contributed by atoms with Gasteiger partial charge in [0.2, 0.25) is 0 Å². The van der Waals surface area contributed by atoms with Gasteiger partial charge in [-0.05, 0) is 11.8 Å². The van der Waals surface area contributed by atoms with Crippen LogP contribution in [0.5, 0.6) is 0 Å². The first kappa shape index (κ1) is 14.3. The van der Waals surface area contributed by atoms with Crippen molar-refractivity contribution in [3.63, 3.8) is 0 Å². The predicted molar refractivity (Wildman–Crippen MR) is 76.5 cm³/mol. The molecule has 4 rings (SSSR count). The molecule has 100 valence electrons. The summed E-state index contributed by atoms with van der Waals surface area (Å²) in [6.07, 6.45) is 0. The summed E-state index contributed by atoms with van der Waals surface area (Å²) in [4.78, 5) is 0. The molecule has 0 saturated heterocycles. The van der Waals surface area contributed by atoms with Crippen molar-refractivity contribution < 1.29 is 17.1 Å². The Kier molecular flexibility index (Phi) is 4.88. The van der Waals surface area contributed by atoms with Crippen LogP contribution in [0.15, 0.2) is 78.9 Å². The maximum atomic E-state index is 4.10. The molecule has 0 radical (unpaired) electrons. The van der Waals surface area contributed by atoms with Gasteiger partial charge in [0, 0.05) is 5.52 Å². The zero-order valence-electron chi connectivity index (χ0n) is 10.7. The van der Waals surface area contributed by atoms with Gasteiger partial charge in [0.05, 0.1) is 5.52 Å². The number of aromatic nitrogens is 3. The summed E-state index contributed by atoms with van der Waals surface area (Å²) in [6.45, 7) is 0. The Labute approximate surface area is 128 Å². The van der Waals surface area contributed by atoms with E-state index in [1.807, 2.05) is 83.5 Å². The summed E-state index contributed by atoms with van der Waals surface area (Å²) in [5.41, 5.74) is 3.02. The molecule has 3 nitrogen and oxygen atoms in total. The van der Waals surface area contributed by atoms with Crippen LogP contribution in [0, 0.1) is 0 Å². The second kappa shape index (κ2) is 6.85. The summed E-state index contributed by atoms with van der Waals surface area (Å²) in [7, 11) is 0. The molecule has 4 aromatic rings. The van der Waals surface area contributed by atoms with Crippen molar-refractivity contribution in [3.8, 4) is 5.69 Å². The van der Waals surface area contributed by atoms with E-state index >= 15 is 0 Å². The fraction of sp³-hybridized carbons (Fsp3) is 0. The summed E-state index contributed by atoms with van der Waals surface area (Å²) >= 11 is 0. The van der Waals surface area contributed by atoms with Crippen LogP contribution in [0.25, 0.3) is 16.7 Å². The van der Waals surface area contributed by atoms with E-state index in [9.17, 15) is 0 Å². The number of benzene rings is 1. The SMILES string of the molecule is [Fe+2].c1cc[cH-]c1.c1ccc2c(c1)nnn2-[c-]1cccc1. The number of nitrogens with zero attached hydrogens (tertiary/aromatic N) is 3. The van der Waals surface area contributed by atoms with Crippen LogP contribution >= 0.6 is 0 Å². The Morgan fingerprint density at radius 3 is 2.25 bits per heavy atom. The third-order valence-electron chi connectivity index (χ3n) is 2.80. The van der Waals surface area contributed by atoms with Crippen molar-refractivity contribution in [2.24, 2.45) is 0 Å². The van der Waals surface area contributed by atoms with E-state index in [0.717, 1.165) is 16.7 Å². The molecule has 1 heterocycles. The molecule has 3 aromatic carbocycles. The van der Waals surface area contributed by atoms with Crippen molar-refractivity contribution in [1.82, 2.24) is 15.0 Å². The van der Waals surface area contributed by atoms with Crippen molar-refractivity contribution >= 4 is 11.0 Å². The molecule has 1 aromatic heterocycles. The second-order valence-electron chi connectivity index (χ2n) is 4.10. The van der Waals surface area contributed by atoms with Crippen LogP contribution in [-0.4, -0.2) is 15.0 Å². The minimum atomic E-state index is 0. The Hall–Kier alpha value is -2.16. The predicted octanol–water partition coefficient (Wildman–Crippen LogP) is 3.54. The van der Waals surface area contributed by atoms with E-state index < -0.39 is 0 Å². The van der Waals surface area contributed by atoms with Gasteiger partial charge in [-0.15, -0.1) is 17.2 Å². The van der Waals surface area contributed by atoms with Crippen LogP contribution in [0.4, 0.5) is 0 Å². The van der Waals surface area contributed by atoms with Gasteiger partial charge >= 0.3 is 17.1 Å². The summed E-state index contributed by atoms with van der Waals surface area (Å²) < 4.78 is 1.84. The molecule has 0 unspecified atom stereocenters. The van der Waals surface area contributed by atoms with Crippen molar-refractivity contribution in [1.29, 1.82) is 0 Å². The number of hydrogen-bond donors (Lipinski definition) is 0. The van der Waals surface area contributed by atoms with E-state index in [1.165, 1.54) is 0 Å². The molecule has 0 aliphatic carbocycles. The molecule has 0 N–H and O–H groups in total. The maximum absolute atomic E-state index is 4.10. The molecule has 0 saturated carbocycles. The summed E-state index contributed by atoms with van der Waals surface area (Å²) in [5, 5.41) is 8.19. The van der Waals surface area contributed by atoms with Crippen LogP contribution in [-0.2, 0) is 17.1 Å². The smallest absolute Gasteiger partial charge is 0.292 e. The molecule has 20 heavy (non-hydrogen) atoms. The van der Waals surface area contributed by atoms with E-state index in [1.54, 1.807) is 0 Å². The first-order valence-electron chi connectivity index (χ1n) is 6.14. The zero-order chi connectivity index (χ0) is 12.9. The molecular weight excluding hydrogens is 290 g/mol. The largest absolute Gasteiger partial charge is 2.00 e. The van der Waals surface area contributed by atoms with Crippen molar-refractivity contribution in [2.45, 2.75) is 0 Å². The standard InChI is InChI=1S/C11H8N3.C5H5.Fe/c1-2-6-9(5-1)14-11-8-4-3-7-10(11)12-13-14;1-2-4-5-3-1;/h1-8H;1-5H;/q2*-1;+2. The van der Waals surface area contributed by atoms with Gasteiger partial charge < -0.3 is 0 Å². The third kappa shape index (κ3) is 3.05. The molecule has 4 heteroatoms. The molecule has 0 fully saturated rings. The first-order valence-corrected chi connectivity index (χ1v) is 6.14. The maximum Gasteiger partial charge on any atom is 2.00 e. The van der Waals surface area contributed by atoms with Gasteiger partial charge in [0.15, 0.2) is 0 Å². The molecule has 0 amide bonds. The first-order chi connectivity index (χ1) is 9.45. The van der Waals surface area contributed by atoms with Gasteiger partial charge in [-0.25, -0.2) is 12.1 Å². The fourth-order valence-corrected chi connectivity index (χ4v) is 1.89. The molecule has 0 spiro atoms. The molecule has 0 aliphatic rings. The van der Waals surface area contributed by atoms with Crippen LogP contribution in [0.3, 0.4) is 0 Å². The fourth-order valence-electron chi connectivity index (χ4n) is 1.89. The van der Waals surface area contributed by atoms with Crippen molar-refractivity contribution in [3.05, 3.63) is 78.9 Å². The van der Waals surface area contributed by atoms with Crippen molar-refractivity contribution in [2.75, 3.05) is 0 Å². The minimum absolute atomic E-state index is 0. The summed E-state index contributed by atoms with van der Waals surface area (Å²) in [6, 6.07) is 25.9. The average Bonchev–Trinajstić information content (AvgIpc) is 3.21. The normalized spacial score (nSPS) is 9.60. The third-order valence-corrected chi connectivity index (χ3v) is 2.80. The van der Waals surface area contributed by atoms with E-state index in [-0.39, 0.29) is 17.1 Å². The monoisotopic (exact) mass is 303 g/mol. The Bertz CT molecular complexity index is 707. The van der Waals surface area contributed by atoms with Crippen LogP contribution in [0.1, 0.15) is 0 Å². The summed E-state index contributed by atoms with van der Waals surface area (Å²) in [5.74, 6) is 0. The minimum Gasteiger partial charge on any atom is -0.292 e. The molecule has 0 bridgehead atoms. The second-order valence-corrected chi connectivity index (χ2v) is 4.10. The number of fused-ring (bicyclic) bond motifs is 1. The van der Waals surface area contributed by atoms with Gasteiger partial charge in [-0.1, -0.05) is 23.4 Å². The van der Waals surface area contributed by atoms with Gasteiger partial charge in [0.1, 0.15) is 0 Å². The Morgan fingerprint density at radius 1 is 0.900 bits per heavy atom. The van der Waals surface area contributed by atoms with Gasteiger partial charge in [-0.2, -0.15) is 30.3 Å². The van der Waals surface area contributed by atoms with Gasteiger partial charge in [0.25, 0.3) is 0 Å².